The van der Waals surface area contributed by atoms with Crippen LogP contribution in [0.5, 0.6) is 0 Å². The second-order valence-corrected chi connectivity index (χ2v) is 7.15. The highest BCUT2D eigenvalue weighted by Gasteiger charge is 2.09. The fourth-order valence-electron chi connectivity index (χ4n) is 2.42. The average Bonchev–Trinajstić information content (AvgIpc) is 3.08. The molecule has 2 aromatic carbocycles. The van der Waals surface area contributed by atoms with Crippen LogP contribution in [0, 0.1) is 13.8 Å². The van der Waals surface area contributed by atoms with E-state index in [1.165, 1.54) is 17.3 Å². The van der Waals surface area contributed by atoms with Crippen LogP contribution in [0.3, 0.4) is 0 Å². The fourth-order valence-corrected chi connectivity index (χ4v) is 3.12. The zero-order valence-corrected chi connectivity index (χ0v) is 15.7. The number of aromatic nitrogens is 2. The lowest BCUT2D eigenvalue weighted by atomic mass is 10.1. The standard InChI is InChI=1S/C20H21N3O2S/c1-14-8-10-16(11-9-14)19-22-23-20(25-19)26-12-4-7-18(24)21-17-6-3-5-15(2)13-17/h3,5-6,8-11,13H,4,7,12H2,1-2H3,(H,21,24). The number of thioether (sulfide) groups is 1. The second-order valence-electron chi connectivity index (χ2n) is 6.11. The van der Waals surface area contributed by atoms with Gasteiger partial charge < -0.3 is 9.73 Å². The van der Waals surface area contributed by atoms with Crippen LogP contribution in [0.15, 0.2) is 58.2 Å². The number of nitrogens with one attached hydrogen (secondary N) is 1. The number of amides is 1. The van der Waals surface area contributed by atoms with Crippen LogP contribution in [0.25, 0.3) is 11.5 Å². The molecule has 0 unspecified atom stereocenters. The molecule has 0 aliphatic carbocycles. The van der Waals surface area contributed by atoms with Crippen molar-refractivity contribution in [2.75, 3.05) is 11.1 Å². The summed E-state index contributed by atoms with van der Waals surface area (Å²) in [4.78, 5) is 12.0. The Morgan fingerprint density at radius 2 is 1.88 bits per heavy atom. The van der Waals surface area contributed by atoms with Crippen LogP contribution < -0.4 is 5.32 Å². The Hall–Kier alpha value is -2.60. The quantitative estimate of drug-likeness (QED) is 0.477. The number of hydrogen-bond donors (Lipinski definition) is 1. The van der Waals surface area contributed by atoms with E-state index >= 15 is 0 Å². The van der Waals surface area contributed by atoms with Gasteiger partial charge in [-0.05, 0) is 50.1 Å². The Kier molecular flexibility index (Phi) is 6.07. The van der Waals surface area contributed by atoms with Crippen LogP contribution in [-0.4, -0.2) is 21.9 Å². The molecular formula is C20H21N3O2S. The van der Waals surface area contributed by atoms with Crippen LogP contribution in [-0.2, 0) is 4.79 Å². The largest absolute Gasteiger partial charge is 0.411 e. The molecule has 6 heteroatoms. The molecule has 0 radical (unpaired) electrons. The number of anilines is 1. The number of hydrogen-bond acceptors (Lipinski definition) is 5. The molecule has 0 atom stereocenters. The molecule has 1 heterocycles. The molecule has 0 aliphatic heterocycles. The van der Waals surface area contributed by atoms with Crippen molar-refractivity contribution in [1.82, 2.24) is 10.2 Å². The number of aryl methyl sites for hydroxylation is 2. The highest BCUT2D eigenvalue weighted by Crippen LogP contribution is 2.24. The summed E-state index contributed by atoms with van der Waals surface area (Å²) in [6, 6.07) is 15.7. The van der Waals surface area contributed by atoms with Gasteiger partial charge >= 0.3 is 0 Å². The third kappa shape index (κ3) is 5.20. The maximum absolute atomic E-state index is 12.0. The summed E-state index contributed by atoms with van der Waals surface area (Å²) in [6.07, 6.45) is 1.20. The lowest BCUT2D eigenvalue weighted by Crippen LogP contribution is -2.11. The summed E-state index contributed by atoms with van der Waals surface area (Å²) in [7, 11) is 0. The van der Waals surface area contributed by atoms with Crippen molar-refractivity contribution in [2.45, 2.75) is 31.9 Å². The molecule has 1 amide bonds. The van der Waals surface area contributed by atoms with Gasteiger partial charge in [0.15, 0.2) is 0 Å². The van der Waals surface area contributed by atoms with E-state index in [-0.39, 0.29) is 5.91 Å². The van der Waals surface area contributed by atoms with Gasteiger partial charge in [-0.2, -0.15) is 0 Å². The zero-order chi connectivity index (χ0) is 18.4. The van der Waals surface area contributed by atoms with Gasteiger partial charge in [-0.15, -0.1) is 10.2 Å². The van der Waals surface area contributed by atoms with E-state index < -0.39 is 0 Å². The van der Waals surface area contributed by atoms with E-state index in [2.05, 4.69) is 15.5 Å². The highest BCUT2D eigenvalue weighted by molar-refractivity contribution is 7.99. The molecule has 1 N–H and O–H groups in total. The van der Waals surface area contributed by atoms with Crippen molar-refractivity contribution in [3.8, 4) is 11.5 Å². The molecule has 1 aromatic heterocycles. The Labute approximate surface area is 157 Å². The summed E-state index contributed by atoms with van der Waals surface area (Å²) >= 11 is 1.47. The molecule has 0 bridgehead atoms. The first-order chi connectivity index (χ1) is 12.6. The number of carbonyl (C=O) groups excluding carboxylic acids is 1. The molecule has 0 aliphatic rings. The maximum Gasteiger partial charge on any atom is 0.276 e. The van der Waals surface area contributed by atoms with E-state index in [9.17, 15) is 4.79 Å². The van der Waals surface area contributed by atoms with E-state index in [0.29, 0.717) is 17.5 Å². The van der Waals surface area contributed by atoms with Crippen molar-refractivity contribution in [2.24, 2.45) is 0 Å². The summed E-state index contributed by atoms with van der Waals surface area (Å²) < 4.78 is 5.67. The second kappa shape index (κ2) is 8.67. The third-order valence-electron chi connectivity index (χ3n) is 3.78. The lowest BCUT2D eigenvalue weighted by Gasteiger charge is -2.05. The molecule has 134 valence electrons. The van der Waals surface area contributed by atoms with E-state index in [4.69, 9.17) is 4.42 Å². The molecule has 0 spiro atoms. The number of benzene rings is 2. The third-order valence-corrected chi connectivity index (χ3v) is 4.69. The number of carbonyl (C=O) groups is 1. The van der Waals surface area contributed by atoms with E-state index in [0.717, 1.165) is 29.0 Å². The first-order valence-corrected chi connectivity index (χ1v) is 9.48. The first kappa shape index (κ1) is 18.2. The van der Waals surface area contributed by atoms with Gasteiger partial charge in [-0.3, -0.25) is 4.79 Å². The molecule has 3 aromatic rings. The van der Waals surface area contributed by atoms with Gasteiger partial charge in [0.25, 0.3) is 5.22 Å². The minimum absolute atomic E-state index is 0.0158. The molecule has 0 saturated carbocycles. The van der Waals surface area contributed by atoms with Crippen molar-refractivity contribution in [3.63, 3.8) is 0 Å². The average molecular weight is 367 g/mol. The van der Waals surface area contributed by atoms with Crippen LogP contribution >= 0.6 is 11.8 Å². The molecular weight excluding hydrogens is 346 g/mol. The molecule has 5 nitrogen and oxygen atoms in total. The monoisotopic (exact) mass is 367 g/mol. The SMILES string of the molecule is Cc1ccc(-c2nnc(SCCCC(=O)Nc3cccc(C)c3)o2)cc1. The lowest BCUT2D eigenvalue weighted by molar-refractivity contribution is -0.116. The van der Waals surface area contributed by atoms with Crippen molar-refractivity contribution < 1.29 is 9.21 Å². The summed E-state index contributed by atoms with van der Waals surface area (Å²) in [5.41, 5.74) is 4.06. The molecule has 0 saturated heterocycles. The highest BCUT2D eigenvalue weighted by atomic mass is 32.2. The van der Waals surface area contributed by atoms with Crippen molar-refractivity contribution >= 4 is 23.4 Å². The van der Waals surface area contributed by atoms with Gasteiger partial charge in [-0.1, -0.05) is 41.6 Å². The zero-order valence-electron chi connectivity index (χ0n) is 14.9. The summed E-state index contributed by atoms with van der Waals surface area (Å²) in [5.74, 6) is 1.28. The smallest absolute Gasteiger partial charge is 0.276 e. The predicted molar refractivity (Wildman–Crippen MR) is 104 cm³/mol. The summed E-state index contributed by atoms with van der Waals surface area (Å²) in [5, 5.41) is 11.6. The molecule has 0 fully saturated rings. The number of nitrogens with zero attached hydrogens (tertiary/aromatic N) is 2. The summed E-state index contributed by atoms with van der Waals surface area (Å²) in [6.45, 7) is 4.04. The minimum atomic E-state index is 0.0158. The molecule has 3 rings (SSSR count). The van der Waals surface area contributed by atoms with Crippen molar-refractivity contribution in [3.05, 3.63) is 59.7 Å². The Bertz CT molecular complexity index is 875. The molecule has 26 heavy (non-hydrogen) atoms. The van der Waals surface area contributed by atoms with Gasteiger partial charge in [0, 0.05) is 23.4 Å². The minimum Gasteiger partial charge on any atom is -0.411 e. The van der Waals surface area contributed by atoms with Gasteiger partial charge in [-0.25, -0.2) is 0 Å². The predicted octanol–water partition coefficient (Wildman–Crippen LogP) is 4.86. The van der Waals surface area contributed by atoms with Gasteiger partial charge in [0.05, 0.1) is 0 Å². The van der Waals surface area contributed by atoms with Crippen molar-refractivity contribution in [1.29, 1.82) is 0 Å². The first-order valence-electron chi connectivity index (χ1n) is 8.50. The van der Waals surface area contributed by atoms with Gasteiger partial charge in [0.1, 0.15) is 0 Å². The topological polar surface area (TPSA) is 68.0 Å². The maximum atomic E-state index is 12.0. The Balaban J connectivity index is 1.42. The normalized spacial score (nSPS) is 10.7. The van der Waals surface area contributed by atoms with Crippen LogP contribution in [0.4, 0.5) is 5.69 Å². The fraction of sp³-hybridized carbons (Fsp3) is 0.250. The van der Waals surface area contributed by atoms with Gasteiger partial charge in [0.2, 0.25) is 11.8 Å². The van der Waals surface area contributed by atoms with E-state index in [1.807, 2.05) is 62.4 Å². The Morgan fingerprint density at radius 3 is 2.65 bits per heavy atom. The number of rotatable bonds is 7. The van der Waals surface area contributed by atoms with Crippen LogP contribution in [0.2, 0.25) is 0 Å². The van der Waals surface area contributed by atoms with E-state index in [1.54, 1.807) is 0 Å². The Morgan fingerprint density at radius 1 is 1.08 bits per heavy atom. The van der Waals surface area contributed by atoms with Crippen LogP contribution in [0.1, 0.15) is 24.0 Å².